The quantitative estimate of drug-likeness (QED) is 0.377. The first kappa shape index (κ1) is 23.3. The van der Waals surface area contributed by atoms with Crippen LogP contribution in [0.15, 0.2) is 78.8 Å². The van der Waals surface area contributed by atoms with Gasteiger partial charge in [-0.1, -0.05) is 42.5 Å². The van der Waals surface area contributed by atoms with E-state index in [-0.39, 0.29) is 30.1 Å². The Morgan fingerprint density at radius 3 is 2.80 bits per heavy atom. The SMILES string of the molecule is CCO[C@H]1OC(C(=O)Nc2cccnc2)=C[C@@H](c2ccc3c(c2)Cc2ccccc2-3)[C@@H]1CCCO. The number of hydrogen-bond acceptors (Lipinski definition) is 5. The Kier molecular flexibility index (Phi) is 6.93. The first-order chi connectivity index (χ1) is 17.2. The van der Waals surface area contributed by atoms with E-state index in [1.54, 1.807) is 24.5 Å². The van der Waals surface area contributed by atoms with Gasteiger partial charge in [0.15, 0.2) is 5.76 Å². The summed E-state index contributed by atoms with van der Waals surface area (Å²) in [6.07, 6.45) is 6.84. The predicted molar refractivity (Wildman–Crippen MR) is 135 cm³/mol. The number of benzene rings is 2. The number of carbonyl (C=O) groups is 1. The van der Waals surface area contributed by atoms with Gasteiger partial charge in [0.05, 0.1) is 11.9 Å². The molecule has 1 amide bonds. The highest BCUT2D eigenvalue weighted by Crippen LogP contribution is 2.43. The summed E-state index contributed by atoms with van der Waals surface area (Å²) in [4.78, 5) is 17.2. The van der Waals surface area contributed by atoms with E-state index in [9.17, 15) is 9.90 Å². The molecule has 180 valence electrons. The Hall–Kier alpha value is -3.48. The van der Waals surface area contributed by atoms with E-state index in [4.69, 9.17) is 9.47 Å². The van der Waals surface area contributed by atoms with Crippen LogP contribution in [0.4, 0.5) is 5.69 Å². The van der Waals surface area contributed by atoms with Crippen molar-refractivity contribution < 1.29 is 19.4 Å². The molecule has 1 aliphatic carbocycles. The molecule has 3 atom stereocenters. The molecular weight excluding hydrogens is 440 g/mol. The molecule has 6 heteroatoms. The van der Waals surface area contributed by atoms with Gasteiger partial charge in [-0.2, -0.15) is 0 Å². The molecule has 0 spiro atoms. The van der Waals surface area contributed by atoms with Crippen molar-refractivity contribution in [3.8, 4) is 11.1 Å². The average molecular weight is 471 g/mol. The second-order valence-electron chi connectivity index (χ2n) is 8.97. The summed E-state index contributed by atoms with van der Waals surface area (Å²) < 4.78 is 12.1. The Balaban J connectivity index is 1.50. The highest BCUT2D eigenvalue weighted by atomic mass is 16.7. The van der Waals surface area contributed by atoms with Crippen LogP contribution < -0.4 is 5.32 Å². The van der Waals surface area contributed by atoms with Crippen molar-refractivity contribution in [1.29, 1.82) is 0 Å². The van der Waals surface area contributed by atoms with Crippen LogP contribution >= 0.6 is 0 Å². The summed E-state index contributed by atoms with van der Waals surface area (Å²) in [5.41, 5.74) is 6.91. The van der Waals surface area contributed by atoms with Crippen molar-refractivity contribution in [3.05, 3.63) is 95.5 Å². The van der Waals surface area contributed by atoms with Crippen LogP contribution in [0.1, 0.15) is 42.4 Å². The van der Waals surface area contributed by atoms with E-state index < -0.39 is 6.29 Å². The van der Waals surface area contributed by atoms with Gasteiger partial charge in [-0.3, -0.25) is 9.78 Å². The molecule has 0 bridgehead atoms. The summed E-state index contributed by atoms with van der Waals surface area (Å²) >= 11 is 0. The summed E-state index contributed by atoms with van der Waals surface area (Å²) in [5.74, 6) is -0.211. The third-order valence-electron chi connectivity index (χ3n) is 6.76. The van der Waals surface area contributed by atoms with Gasteiger partial charge in [0, 0.05) is 31.2 Å². The number of pyridine rings is 1. The molecule has 0 saturated carbocycles. The minimum Gasteiger partial charge on any atom is -0.459 e. The molecule has 0 saturated heterocycles. The van der Waals surface area contributed by atoms with Gasteiger partial charge in [-0.15, -0.1) is 0 Å². The first-order valence-electron chi connectivity index (χ1n) is 12.2. The number of aliphatic hydroxyl groups is 1. The molecule has 6 nitrogen and oxygen atoms in total. The fourth-order valence-corrected chi connectivity index (χ4v) is 5.15. The fourth-order valence-electron chi connectivity index (χ4n) is 5.15. The topological polar surface area (TPSA) is 80.7 Å². The Labute approximate surface area is 205 Å². The van der Waals surface area contributed by atoms with Crippen LogP contribution in [0.5, 0.6) is 0 Å². The number of anilines is 1. The third-order valence-corrected chi connectivity index (χ3v) is 6.76. The van der Waals surface area contributed by atoms with Gasteiger partial charge in [-0.25, -0.2) is 0 Å². The number of hydrogen-bond donors (Lipinski definition) is 2. The van der Waals surface area contributed by atoms with Crippen LogP contribution in [-0.2, 0) is 20.7 Å². The van der Waals surface area contributed by atoms with Gasteiger partial charge in [0.2, 0.25) is 6.29 Å². The average Bonchev–Trinajstić information content (AvgIpc) is 3.26. The van der Waals surface area contributed by atoms with Gasteiger partial charge >= 0.3 is 0 Å². The number of carbonyl (C=O) groups excluding carboxylic acids is 1. The lowest BCUT2D eigenvalue weighted by Gasteiger charge is -2.37. The van der Waals surface area contributed by atoms with E-state index in [0.717, 1.165) is 18.4 Å². The largest absolute Gasteiger partial charge is 0.459 e. The first-order valence-corrected chi connectivity index (χ1v) is 12.2. The smallest absolute Gasteiger partial charge is 0.290 e. The molecule has 2 aromatic carbocycles. The van der Waals surface area contributed by atoms with E-state index in [0.29, 0.717) is 18.7 Å². The minimum absolute atomic E-state index is 0.0288. The lowest BCUT2D eigenvalue weighted by Crippen LogP contribution is -2.37. The van der Waals surface area contributed by atoms with Crippen molar-refractivity contribution in [3.63, 3.8) is 0 Å². The van der Waals surface area contributed by atoms with Gasteiger partial charge < -0.3 is 19.9 Å². The van der Waals surface area contributed by atoms with E-state index in [1.165, 1.54) is 22.3 Å². The molecule has 0 fully saturated rings. The maximum absolute atomic E-state index is 13.1. The normalized spacial score (nSPS) is 20.4. The van der Waals surface area contributed by atoms with Crippen molar-refractivity contribution >= 4 is 11.6 Å². The van der Waals surface area contributed by atoms with E-state index >= 15 is 0 Å². The molecule has 1 aromatic heterocycles. The second-order valence-corrected chi connectivity index (χ2v) is 8.97. The molecule has 2 aliphatic rings. The van der Waals surface area contributed by atoms with Crippen LogP contribution in [0.2, 0.25) is 0 Å². The highest BCUT2D eigenvalue weighted by molar-refractivity contribution is 6.02. The van der Waals surface area contributed by atoms with Crippen molar-refractivity contribution in [1.82, 2.24) is 4.98 Å². The zero-order valence-electron chi connectivity index (χ0n) is 19.8. The fraction of sp³-hybridized carbons (Fsp3) is 0.310. The number of ether oxygens (including phenoxy) is 2. The van der Waals surface area contributed by atoms with Crippen LogP contribution in [0, 0.1) is 5.92 Å². The van der Waals surface area contributed by atoms with Crippen LogP contribution in [-0.4, -0.2) is 35.5 Å². The van der Waals surface area contributed by atoms with Crippen molar-refractivity contribution in [2.45, 2.75) is 38.4 Å². The Morgan fingerprint density at radius 2 is 2.00 bits per heavy atom. The third kappa shape index (κ3) is 4.85. The summed E-state index contributed by atoms with van der Waals surface area (Å²) in [5, 5.41) is 12.4. The number of allylic oxidation sites excluding steroid dienone is 1. The maximum atomic E-state index is 13.1. The lowest BCUT2D eigenvalue weighted by molar-refractivity contribution is -0.165. The zero-order chi connectivity index (χ0) is 24.2. The van der Waals surface area contributed by atoms with E-state index in [2.05, 4.69) is 52.8 Å². The number of amides is 1. The number of nitrogens with one attached hydrogen (secondary N) is 1. The maximum Gasteiger partial charge on any atom is 0.290 e. The summed E-state index contributed by atoms with van der Waals surface area (Å²) in [7, 11) is 0. The van der Waals surface area contributed by atoms with Crippen LogP contribution in [0.3, 0.4) is 0 Å². The lowest BCUT2D eigenvalue weighted by atomic mass is 9.80. The monoisotopic (exact) mass is 470 g/mol. The molecule has 2 heterocycles. The molecule has 1 aliphatic heterocycles. The number of rotatable bonds is 8. The standard InChI is InChI=1S/C29H30N2O4/c1-2-34-29-25(10-6-14-32)26(17-27(35-29)28(33)31-22-8-5-13-30-18-22)20-11-12-24-21(16-20)15-19-7-3-4-9-23(19)24/h3-5,7-9,11-13,16-18,25-26,29,32H,2,6,10,14-15H2,1H3,(H,31,33)/t25-,26-,29-/m0/s1. The molecule has 0 radical (unpaired) electrons. The molecule has 0 unspecified atom stereocenters. The summed E-state index contributed by atoms with van der Waals surface area (Å²) in [6, 6.07) is 18.7. The van der Waals surface area contributed by atoms with Gasteiger partial charge in [0.25, 0.3) is 5.91 Å². The van der Waals surface area contributed by atoms with Gasteiger partial charge in [-0.05, 0) is 72.2 Å². The number of aromatic nitrogens is 1. The molecular formula is C29H30N2O4. The second kappa shape index (κ2) is 10.4. The number of aliphatic hydroxyl groups excluding tert-OH is 1. The molecule has 2 N–H and O–H groups in total. The zero-order valence-corrected chi connectivity index (χ0v) is 19.8. The predicted octanol–water partition coefficient (Wildman–Crippen LogP) is 5.04. The van der Waals surface area contributed by atoms with Crippen molar-refractivity contribution in [2.75, 3.05) is 18.5 Å². The molecule has 3 aromatic rings. The van der Waals surface area contributed by atoms with E-state index in [1.807, 2.05) is 13.0 Å². The van der Waals surface area contributed by atoms with Crippen molar-refractivity contribution in [2.24, 2.45) is 5.92 Å². The van der Waals surface area contributed by atoms with Crippen LogP contribution in [0.25, 0.3) is 11.1 Å². The number of nitrogens with zero attached hydrogens (tertiary/aromatic N) is 1. The Morgan fingerprint density at radius 1 is 1.14 bits per heavy atom. The number of fused-ring (bicyclic) bond motifs is 3. The highest BCUT2D eigenvalue weighted by Gasteiger charge is 2.38. The molecule has 35 heavy (non-hydrogen) atoms. The Bertz CT molecular complexity index is 1220. The summed E-state index contributed by atoms with van der Waals surface area (Å²) in [6.45, 7) is 2.48. The molecule has 5 rings (SSSR count). The minimum atomic E-state index is -0.582. The van der Waals surface area contributed by atoms with Gasteiger partial charge in [0.1, 0.15) is 0 Å².